The summed E-state index contributed by atoms with van der Waals surface area (Å²) >= 11 is 0. The molecule has 0 spiro atoms. The molecule has 0 saturated carbocycles. The molecule has 4 nitrogen and oxygen atoms in total. The molecular weight excluding hydrogens is 177 g/mol. The highest BCUT2D eigenvalue weighted by atomic mass is 19.1. The summed E-state index contributed by atoms with van der Waals surface area (Å²) in [5.74, 6) is 0. The van der Waals surface area contributed by atoms with Gasteiger partial charge in [-0.1, -0.05) is 20.8 Å². The van der Waals surface area contributed by atoms with Crippen molar-refractivity contribution in [1.82, 2.24) is 0 Å². The zero-order valence-corrected chi connectivity index (χ0v) is 8.13. The van der Waals surface area contributed by atoms with Gasteiger partial charge in [-0.05, 0) is 6.92 Å². The molecule has 5 heteroatoms. The molecule has 0 radical (unpaired) electrons. The van der Waals surface area contributed by atoms with Crippen molar-refractivity contribution < 1.29 is 19.0 Å². The van der Waals surface area contributed by atoms with Crippen molar-refractivity contribution in [1.29, 1.82) is 0 Å². The van der Waals surface area contributed by atoms with Crippen molar-refractivity contribution in [3.05, 3.63) is 0 Å². The van der Waals surface area contributed by atoms with Crippen molar-refractivity contribution in [2.24, 2.45) is 4.99 Å². The molecule has 0 bridgehead atoms. The predicted octanol–water partition coefficient (Wildman–Crippen LogP) is 0.402. The summed E-state index contributed by atoms with van der Waals surface area (Å²) in [5.41, 5.74) is -0.681. The summed E-state index contributed by atoms with van der Waals surface area (Å²) in [7, 11) is 0. The molecule has 0 aromatic carbocycles. The molecule has 13 heavy (non-hydrogen) atoms. The smallest absolute Gasteiger partial charge is 0.325 e. The van der Waals surface area contributed by atoms with E-state index in [1.807, 2.05) is 0 Å². The molecule has 0 rings (SSSR count). The standard InChI is InChI=1S/C8H14FNO3/c1-5(6(9)11)10-7(12)13-8(2,3)4/h5H,1-4H3,(H,10,12)/p-1/t5-/m0/s1. The first-order chi connectivity index (χ1) is 5.72. The van der Waals surface area contributed by atoms with Crippen LogP contribution >= 0.6 is 0 Å². The van der Waals surface area contributed by atoms with Crippen LogP contribution in [-0.4, -0.2) is 23.8 Å². The zero-order valence-electron chi connectivity index (χ0n) is 8.13. The lowest BCUT2D eigenvalue weighted by Gasteiger charge is -2.29. The van der Waals surface area contributed by atoms with Gasteiger partial charge < -0.3 is 9.84 Å². The van der Waals surface area contributed by atoms with Crippen LogP contribution in [0.1, 0.15) is 27.7 Å². The van der Waals surface area contributed by atoms with Gasteiger partial charge in [-0.15, -0.1) is 0 Å². The van der Waals surface area contributed by atoms with Crippen LogP contribution in [0, 0.1) is 0 Å². The first-order valence-electron chi connectivity index (χ1n) is 3.85. The van der Waals surface area contributed by atoms with Gasteiger partial charge in [0, 0.05) is 5.60 Å². The highest BCUT2D eigenvalue weighted by molar-refractivity contribution is 5.77. The van der Waals surface area contributed by atoms with Crippen molar-refractivity contribution in [2.75, 3.05) is 0 Å². The fourth-order valence-electron chi connectivity index (χ4n) is 0.497. The topological polar surface area (TPSA) is 61.7 Å². The SMILES string of the molecule is C[C@H](N=C([O-])OC(C)(C)C)C(=O)F. The van der Waals surface area contributed by atoms with Gasteiger partial charge in [-0.3, -0.25) is 9.79 Å². The van der Waals surface area contributed by atoms with E-state index >= 15 is 0 Å². The molecule has 76 valence electrons. The maximum absolute atomic E-state index is 11.9. The molecule has 0 aliphatic carbocycles. The Kier molecular flexibility index (Phi) is 3.84. The van der Waals surface area contributed by atoms with Gasteiger partial charge in [-0.25, -0.2) is 0 Å². The number of carbonyl (C=O) groups is 1. The molecule has 0 amide bonds. The summed E-state index contributed by atoms with van der Waals surface area (Å²) in [6, 6.07) is -2.93. The minimum Gasteiger partial charge on any atom is -0.595 e. The fraction of sp³-hybridized carbons (Fsp3) is 0.750. The normalized spacial score (nSPS) is 15.3. The number of rotatable bonds is 2. The number of aliphatic imine (C=N–C) groups is 1. The Balaban J connectivity index is 4.25. The number of halogens is 1. The molecule has 0 unspecified atom stereocenters. The molecule has 0 aliphatic rings. The van der Waals surface area contributed by atoms with Crippen molar-refractivity contribution in [2.45, 2.75) is 39.3 Å². The Morgan fingerprint density at radius 2 is 2.00 bits per heavy atom. The Bertz CT molecular complexity index is 220. The van der Waals surface area contributed by atoms with E-state index in [1.165, 1.54) is 6.92 Å². The van der Waals surface area contributed by atoms with Gasteiger partial charge in [-0.2, -0.15) is 4.39 Å². The van der Waals surface area contributed by atoms with Crippen molar-refractivity contribution >= 4 is 12.1 Å². The third-order valence-electron chi connectivity index (χ3n) is 1.02. The molecule has 0 N–H and O–H groups in total. The lowest BCUT2D eigenvalue weighted by atomic mass is 10.2. The number of ether oxygens (including phenoxy) is 1. The van der Waals surface area contributed by atoms with E-state index in [1.54, 1.807) is 20.8 Å². The van der Waals surface area contributed by atoms with Crippen LogP contribution in [-0.2, 0) is 9.53 Å². The van der Waals surface area contributed by atoms with Crippen LogP contribution in [0.25, 0.3) is 0 Å². The quantitative estimate of drug-likeness (QED) is 0.360. The maximum atomic E-state index is 11.9. The van der Waals surface area contributed by atoms with Crippen LogP contribution in [0.2, 0.25) is 0 Å². The summed E-state index contributed by atoms with van der Waals surface area (Å²) in [6.07, 6.45) is -0.925. The summed E-state index contributed by atoms with van der Waals surface area (Å²) < 4.78 is 16.7. The Morgan fingerprint density at radius 3 is 2.31 bits per heavy atom. The second kappa shape index (κ2) is 4.20. The monoisotopic (exact) mass is 190 g/mol. The van der Waals surface area contributed by atoms with E-state index in [0.717, 1.165) is 0 Å². The fourth-order valence-corrected chi connectivity index (χ4v) is 0.497. The highest BCUT2D eigenvalue weighted by Gasteiger charge is 2.10. The number of hydrogen-bond donors (Lipinski definition) is 0. The molecule has 0 heterocycles. The minimum absolute atomic E-state index is 0.681. The van der Waals surface area contributed by atoms with Crippen LogP contribution in [0.5, 0.6) is 0 Å². The Hall–Kier alpha value is -1.13. The molecule has 0 aliphatic heterocycles. The molecule has 0 fully saturated rings. The van der Waals surface area contributed by atoms with Crippen molar-refractivity contribution in [3.63, 3.8) is 0 Å². The Labute approximate surface area is 76.4 Å². The summed E-state index contributed by atoms with van der Waals surface area (Å²) in [5, 5.41) is 10.9. The maximum Gasteiger partial charge on any atom is 0.325 e. The minimum atomic E-state index is -1.65. The van der Waals surface area contributed by atoms with Crippen molar-refractivity contribution in [3.8, 4) is 0 Å². The van der Waals surface area contributed by atoms with E-state index in [9.17, 15) is 14.3 Å². The average Bonchev–Trinajstić information content (AvgIpc) is 1.81. The van der Waals surface area contributed by atoms with E-state index in [-0.39, 0.29) is 0 Å². The summed E-state index contributed by atoms with van der Waals surface area (Å²) in [6.45, 7) is 6.15. The predicted molar refractivity (Wildman–Crippen MR) is 43.9 cm³/mol. The molecule has 1 atom stereocenters. The second-order valence-corrected chi connectivity index (χ2v) is 3.59. The first kappa shape index (κ1) is 11.9. The van der Waals surface area contributed by atoms with Crippen LogP contribution in [0.15, 0.2) is 4.99 Å². The second-order valence-electron chi connectivity index (χ2n) is 3.59. The van der Waals surface area contributed by atoms with Gasteiger partial charge in [0.2, 0.25) is 0 Å². The van der Waals surface area contributed by atoms with Gasteiger partial charge >= 0.3 is 6.04 Å². The zero-order chi connectivity index (χ0) is 10.6. The average molecular weight is 190 g/mol. The van der Waals surface area contributed by atoms with Crippen LogP contribution in [0.3, 0.4) is 0 Å². The molecule has 0 aromatic heterocycles. The van der Waals surface area contributed by atoms with Gasteiger partial charge in [0.05, 0.1) is 0 Å². The molecule has 0 saturated heterocycles. The number of carbonyl (C=O) groups excluding carboxylic acids is 1. The van der Waals surface area contributed by atoms with Gasteiger partial charge in [0.1, 0.15) is 12.1 Å². The van der Waals surface area contributed by atoms with Crippen LogP contribution < -0.4 is 5.11 Å². The first-order valence-corrected chi connectivity index (χ1v) is 3.85. The lowest BCUT2D eigenvalue weighted by molar-refractivity contribution is -0.260. The largest absolute Gasteiger partial charge is 0.595 e. The van der Waals surface area contributed by atoms with Gasteiger partial charge in [0.15, 0.2) is 0 Å². The molecular formula is C8H13FNO3-. The van der Waals surface area contributed by atoms with E-state index in [4.69, 9.17) is 4.74 Å². The van der Waals surface area contributed by atoms with Crippen LogP contribution in [0.4, 0.5) is 4.39 Å². The third kappa shape index (κ3) is 6.07. The summed E-state index contributed by atoms with van der Waals surface area (Å²) in [4.78, 5) is 13.3. The van der Waals surface area contributed by atoms with E-state index in [2.05, 4.69) is 4.99 Å². The van der Waals surface area contributed by atoms with E-state index < -0.39 is 23.8 Å². The van der Waals surface area contributed by atoms with E-state index in [0.29, 0.717) is 0 Å². The van der Waals surface area contributed by atoms with Gasteiger partial charge in [0.25, 0.3) is 0 Å². The third-order valence-corrected chi connectivity index (χ3v) is 1.02. The number of nitrogens with zero attached hydrogens (tertiary/aromatic N) is 1. The Morgan fingerprint density at radius 1 is 1.54 bits per heavy atom. The number of hydrogen-bond acceptors (Lipinski definition) is 4. The molecule has 0 aromatic rings. The highest BCUT2D eigenvalue weighted by Crippen LogP contribution is 2.06. The lowest BCUT2D eigenvalue weighted by Crippen LogP contribution is -2.33.